The Labute approximate surface area is 122 Å². The van der Waals surface area contributed by atoms with Crippen LogP contribution in [0.3, 0.4) is 0 Å². The molecule has 0 amide bonds. The number of thioether (sulfide) groups is 1. The number of hydrogen-bond acceptors (Lipinski definition) is 4. The predicted molar refractivity (Wildman–Crippen MR) is 80.1 cm³/mol. The first-order valence-corrected chi connectivity index (χ1v) is 8.12. The van der Waals surface area contributed by atoms with Crippen molar-refractivity contribution in [2.24, 2.45) is 0 Å². The topological polar surface area (TPSA) is 42.0 Å². The zero-order valence-electron chi connectivity index (χ0n) is 11.2. The number of carbonyl (C=O) groups excluding carboxylic acids is 1. The highest BCUT2D eigenvalue weighted by Gasteiger charge is 2.38. The van der Waals surface area contributed by atoms with E-state index in [0.29, 0.717) is 12.2 Å². The monoisotopic (exact) mass is 284 g/mol. The summed E-state index contributed by atoms with van der Waals surface area (Å²) in [6.07, 6.45) is 7.41. The Morgan fingerprint density at radius 3 is 2.85 bits per heavy atom. The van der Waals surface area contributed by atoms with Gasteiger partial charge in [-0.25, -0.2) is 0 Å². The van der Waals surface area contributed by atoms with Crippen molar-refractivity contribution in [3.05, 3.63) is 52.0 Å². The lowest BCUT2D eigenvalue weighted by molar-refractivity contribution is -0.116. The Morgan fingerprint density at radius 2 is 2.00 bits per heavy atom. The molecule has 1 aromatic rings. The molecular weight excluding hydrogens is 268 g/mol. The largest absolute Gasteiger partial charge is 0.361 e. The average molecular weight is 284 g/mol. The van der Waals surface area contributed by atoms with Crippen LogP contribution in [-0.4, -0.2) is 16.5 Å². The molecule has 1 aromatic heterocycles. The van der Waals surface area contributed by atoms with Crippen LogP contribution in [0.15, 0.2) is 46.4 Å². The first-order valence-electron chi connectivity index (χ1n) is 7.13. The molecule has 3 heterocycles. The summed E-state index contributed by atoms with van der Waals surface area (Å²) in [7, 11) is 0. The number of pyridine rings is 1. The van der Waals surface area contributed by atoms with Gasteiger partial charge >= 0.3 is 0 Å². The van der Waals surface area contributed by atoms with Gasteiger partial charge in [0.25, 0.3) is 0 Å². The summed E-state index contributed by atoms with van der Waals surface area (Å²) in [5.74, 6) is 1.58. The summed E-state index contributed by atoms with van der Waals surface area (Å²) in [6.45, 7) is 0. The lowest BCUT2D eigenvalue weighted by Gasteiger charge is -2.33. The number of carbonyl (C=O) groups is 1. The molecule has 4 rings (SSSR count). The molecule has 3 aliphatic rings. The number of allylic oxidation sites excluding steroid dienone is 4. The zero-order chi connectivity index (χ0) is 13.5. The van der Waals surface area contributed by atoms with Gasteiger partial charge in [0, 0.05) is 52.4 Å². The van der Waals surface area contributed by atoms with E-state index >= 15 is 0 Å². The quantitative estimate of drug-likeness (QED) is 0.860. The van der Waals surface area contributed by atoms with E-state index in [-0.39, 0.29) is 5.92 Å². The van der Waals surface area contributed by atoms with Gasteiger partial charge in [-0.1, -0.05) is 0 Å². The van der Waals surface area contributed by atoms with Crippen molar-refractivity contribution in [1.82, 2.24) is 10.3 Å². The van der Waals surface area contributed by atoms with Crippen LogP contribution in [0, 0.1) is 0 Å². The second-order valence-electron chi connectivity index (χ2n) is 5.45. The molecular formula is C16H16N2OS. The van der Waals surface area contributed by atoms with E-state index in [0.717, 1.165) is 30.6 Å². The van der Waals surface area contributed by atoms with Crippen LogP contribution in [0.5, 0.6) is 0 Å². The van der Waals surface area contributed by atoms with E-state index in [1.165, 1.54) is 21.9 Å². The highest BCUT2D eigenvalue weighted by molar-refractivity contribution is 8.03. The van der Waals surface area contributed by atoms with Crippen molar-refractivity contribution < 1.29 is 4.79 Å². The number of aromatic nitrogens is 1. The van der Waals surface area contributed by atoms with Crippen molar-refractivity contribution in [3.63, 3.8) is 0 Å². The third-order valence-electron chi connectivity index (χ3n) is 4.26. The summed E-state index contributed by atoms with van der Waals surface area (Å²) in [6, 6.07) is 4.10. The van der Waals surface area contributed by atoms with E-state index < -0.39 is 0 Å². The average Bonchev–Trinajstić information content (AvgIpc) is 2.94. The first kappa shape index (κ1) is 12.2. The van der Waals surface area contributed by atoms with E-state index in [4.69, 9.17) is 0 Å². The first-order chi connectivity index (χ1) is 9.84. The fourth-order valence-electron chi connectivity index (χ4n) is 3.37. The van der Waals surface area contributed by atoms with Gasteiger partial charge in [-0.05, 0) is 37.0 Å². The lowest BCUT2D eigenvalue weighted by atomic mass is 9.79. The number of dihydropyridines is 1. The molecule has 0 aromatic carbocycles. The molecule has 1 N–H and O–H groups in total. The fraction of sp³-hybridized carbons (Fsp3) is 0.375. The Hall–Kier alpha value is -1.55. The molecule has 0 bridgehead atoms. The molecule has 0 radical (unpaired) electrons. The molecule has 102 valence electrons. The predicted octanol–water partition coefficient (Wildman–Crippen LogP) is 3.12. The third kappa shape index (κ3) is 1.82. The SMILES string of the molecule is O=C1CCCC2=C1C(c1ccncc1)C1=C(CCS1)N2. The molecule has 1 atom stereocenters. The minimum atomic E-state index is 0.143. The molecule has 1 aliphatic carbocycles. The summed E-state index contributed by atoms with van der Waals surface area (Å²) in [4.78, 5) is 17.9. The van der Waals surface area contributed by atoms with E-state index in [1.807, 2.05) is 36.3 Å². The smallest absolute Gasteiger partial charge is 0.161 e. The molecule has 0 saturated heterocycles. The van der Waals surface area contributed by atoms with E-state index in [1.54, 1.807) is 0 Å². The van der Waals surface area contributed by atoms with Crippen molar-refractivity contribution in [1.29, 1.82) is 0 Å². The molecule has 2 aliphatic heterocycles. The van der Waals surface area contributed by atoms with Crippen LogP contribution < -0.4 is 5.32 Å². The molecule has 0 saturated carbocycles. The Bertz CT molecular complexity index is 633. The molecule has 0 spiro atoms. The number of Topliss-reactive ketones (excluding diaryl/α,β-unsaturated/α-hetero) is 1. The van der Waals surface area contributed by atoms with E-state index in [2.05, 4.69) is 10.3 Å². The second-order valence-corrected chi connectivity index (χ2v) is 6.59. The minimum absolute atomic E-state index is 0.143. The molecule has 0 fully saturated rings. The van der Waals surface area contributed by atoms with Crippen molar-refractivity contribution in [3.8, 4) is 0 Å². The van der Waals surface area contributed by atoms with Gasteiger partial charge in [0.1, 0.15) is 0 Å². The number of hydrogen-bond donors (Lipinski definition) is 1. The highest BCUT2D eigenvalue weighted by Crippen LogP contribution is 2.49. The Kier molecular flexibility index (Phi) is 2.91. The van der Waals surface area contributed by atoms with Gasteiger partial charge in [0.2, 0.25) is 0 Å². The summed E-state index contributed by atoms with van der Waals surface area (Å²) in [5, 5.41) is 3.55. The Balaban J connectivity index is 1.87. The van der Waals surface area contributed by atoms with Gasteiger partial charge in [0.15, 0.2) is 5.78 Å². The zero-order valence-corrected chi connectivity index (χ0v) is 12.0. The summed E-state index contributed by atoms with van der Waals surface area (Å²) in [5.41, 5.74) is 4.72. The van der Waals surface area contributed by atoms with Crippen molar-refractivity contribution in [2.45, 2.75) is 31.6 Å². The van der Waals surface area contributed by atoms with Crippen LogP contribution in [0.1, 0.15) is 37.2 Å². The standard InChI is InChI=1S/C16H16N2OS/c19-13-3-1-2-11-15(13)14(10-4-7-17-8-5-10)16-12(18-11)6-9-20-16/h4-5,7-8,14,18H,1-3,6,9H2. The summed E-state index contributed by atoms with van der Waals surface area (Å²) < 4.78 is 0. The molecule has 20 heavy (non-hydrogen) atoms. The highest BCUT2D eigenvalue weighted by atomic mass is 32.2. The maximum absolute atomic E-state index is 12.5. The maximum atomic E-state index is 12.5. The van der Waals surface area contributed by atoms with E-state index in [9.17, 15) is 4.79 Å². The van der Waals surface area contributed by atoms with Crippen molar-refractivity contribution >= 4 is 17.5 Å². The van der Waals surface area contributed by atoms with Crippen LogP contribution in [0.2, 0.25) is 0 Å². The van der Waals surface area contributed by atoms with Crippen molar-refractivity contribution in [2.75, 3.05) is 5.75 Å². The van der Waals surface area contributed by atoms with Crippen LogP contribution in [0.25, 0.3) is 0 Å². The number of rotatable bonds is 1. The summed E-state index contributed by atoms with van der Waals surface area (Å²) >= 11 is 1.90. The lowest BCUT2D eigenvalue weighted by Crippen LogP contribution is -2.30. The number of nitrogens with one attached hydrogen (secondary N) is 1. The van der Waals surface area contributed by atoms with Gasteiger partial charge in [-0.3, -0.25) is 9.78 Å². The van der Waals surface area contributed by atoms with Crippen LogP contribution >= 0.6 is 11.8 Å². The third-order valence-corrected chi connectivity index (χ3v) is 5.46. The maximum Gasteiger partial charge on any atom is 0.161 e. The van der Waals surface area contributed by atoms with Crippen LogP contribution in [0.4, 0.5) is 0 Å². The fourth-order valence-corrected chi connectivity index (χ4v) is 4.64. The van der Waals surface area contributed by atoms with Crippen LogP contribution in [-0.2, 0) is 4.79 Å². The molecule has 4 heteroatoms. The number of ketones is 1. The second kappa shape index (κ2) is 4.77. The van der Waals surface area contributed by atoms with Gasteiger partial charge in [0.05, 0.1) is 0 Å². The van der Waals surface area contributed by atoms with Gasteiger partial charge in [-0.2, -0.15) is 0 Å². The van der Waals surface area contributed by atoms with Gasteiger partial charge in [-0.15, -0.1) is 11.8 Å². The molecule has 1 unspecified atom stereocenters. The number of nitrogens with zero attached hydrogens (tertiary/aromatic N) is 1. The molecule has 3 nitrogen and oxygen atoms in total. The minimum Gasteiger partial charge on any atom is -0.361 e. The normalized spacial score (nSPS) is 25.4. The van der Waals surface area contributed by atoms with Gasteiger partial charge < -0.3 is 5.32 Å². The Morgan fingerprint density at radius 1 is 1.15 bits per heavy atom.